The van der Waals surface area contributed by atoms with Crippen LogP contribution in [0.1, 0.15) is 0 Å². The minimum absolute atomic E-state index is 0.709. The van der Waals surface area contributed by atoms with Gasteiger partial charge in [-0.15, -0.1) is 11.3 Å². The van der Waals surface area contributed by atoms with Gasteiger partial charge in [0.25, 0.3) is 0 Å². The maximum Gasteiger partial charge on any atom is 0.160 e. The standard InChI is InChI=1S/C54H34N2S/c1-2-11-41(12-3-1)54-55-49(34-50(56-54)40-31-27-38(28-32-40)48-33-42-13-4-5-14-43(42)45-15-6-7-16-46(45)48)39-29-23-36(24-30-39)35-21-25-37(26-22-35)44-18-10-20-52-53(44)47-17-8-9-19-51(47)57-52/h1-34H. The van der Waals surface area contributed by atoms with Crippen LogP contribution in [0.3, 0.4) is 0 Å². The Kier molecular flexibility index (Phi) is 8.04. The topological polar surface area (TPSA) is 25.8 Å². The Morgan fingerprint density at radius 1 is 0.298 bits per heavy atom. The first-order valence-electron chi connectivity index (χ1n) is 19.3. The van der Waals surface area contributed by atoms with Crippen LogP contribution in [-0.4, -0.2) is 9.97 Å². The van der Waals surface area contributed by atoms with Crippen LogP contribution < -0.4 is 0 Å². The highest BCUT2D eigenvalue weighted by molar-refractivity contribution is 7.25. The highest BCUT2D eigenvalue weighted by Crippen LogP contribution is 2.41. The van der Waals surface area contributed by atoms with Crippen LogP contribution in [0.2, 0.25) is 0 Å². The number of hydrogen-bond donors (Lipinski definition) is 0. The van der Waals surface area contributed by atoms with Gasteiger partial charge in [-0.2, -0.15) is 0 Å². The molecule has 0 unspecified atom stereocenters. The highest BCUT2D eigenvalue weighted by Gasteiger charge is 2.14. The van der Waals surface area contributed by atoms with Crippen LogP contribution in [0, 0.1) is 0 Å². The number of benzene rings is 9. The second-order valence-corrected chi connectivity index (χ2v) is 15.6. The Hall–Kier alpha value is -7.20. The summed E-state index contributed by atoms with van der Waals surface area (Å²) in [7, 11) is 0. The second-order valence-electron chi connectivity index (χ2n) is 14.5. The van der Waals surface area contributed by atoms with Gasteiger partial charge >= 0.3 is 0 Å². The van der Waals surface area contributed by atoms with E-state index in [0.717, 1.165) is 28.1 Å². The zero-order valence-corrected chi connectivity index (χ0v) is 31.7. The fourth-order valence-electron chi connectivity index (χ4n) is 8.26. The van der Waals surface area contributed by atoms with E-state index in [2.05, 4.69) is 188 Å². The third kappa shape index (κ3) is 5.97. The molecule has 11 rings (SSSR count). The maximum atomic E-state index is 5.11. The van der Waals surface area contributed by atoms with Gasteiger partial charge in [0.15, 0.2) is 5.82 Å². The van der Waals surface area contributed by atoms with Crippen LogP contribution in [0.25, 0.3) is 109 Å². The third-order valence-electron chi connectivity index (χ3n) is 11.1. The van der Waals surface area contributed by atoms with E-state index < -0.39 is 0 Å². The first kappa shape index (κ1) is 33.2. The summed E-state index contributed by atoms with van der Waals surface area (Å²) >= 11 is 1.86. The number of rotatable bonds is 6. The number of fused-ring (bicyclic) bond motifs is 6. The summed E-state index contributed by atoms with van der Waals surface area (Å²) in [6, 6.07) is 73.9. The zero-order valence-electron chi connectivity index (χ0n) is 30.9. The molecule has 2 nitrogen and oxygen atoms in total. The molecule has 0 bridgehead atoms. The third-order valence-corrected chi connectivity index (χ3v) is 12.3. The molecule has 0 aliphatic heterocycles. The number of thiophene rings is 1. The monoisotopic (exact) mass is 742 g/mol. The van der Waals surface area contributed by atoms with E-state index in [9.17, 15) is 0 Å². The summed E-state index contributed by atoms with van der Waals surface area (Å²) in [4.78, 5) is 10.2. The fraction of sp³-hybridized carbons (Fsp3) is 0. The van der Waals surface area contributed by atoms with Gasteiger partial charge in [-0.3, -0.25) is 0 Å². The highest BCUT2D eigenvalue weighted by atomic mass is 32.1. The quantitative estimate of drug-likeness (QED) is 0.159. The lowest BCUT2D eigenvalue weighted by Gasteiger charge is -2.13. The number of hydrogen-bond acceptors (Lipinski definition) is 3. The van der Waals surface area contributed by atoms with Crippen molar-refractivity contribution in [2.75, 3.05) is 0 Å². The summed E-state index contributed by atoms with van der Waals surface area (Å²) in [6.07, 6.45) is 0. The average molecular weight is 743 g/mol. The van der Waals surface area contributed by atoms with Crippen LogP contribution in [0.4, 0.5) is 0 Å². The minimum Gasteiger partial charge on any atom is -0.228 e. The summed E-state index contributed by atoms with van der Waals surface area (Å²) in [5.74, 6) is 0.709. The predicted octanol–water partition coefficient (Wildman–Crippen LogP) is 15.2. The average Bonchev–Trinajstić information content (AvgIpc) is 3.68. The number of nitrogens with zero attached hydrogens (tertiary/aromatic N) is 2. The van der Waals surface area contributed by atoms with E-state index >= 15 is 0 Å². The zero-order chi connectivity index (χ0) is 37.7. The predicted molar refractivity (Wildman–Crippen MR) is 243 cm³/mol. The molecule has 0 saturated heterocycles. The van der Waals surface area contributed by atoms with Crippen LogP contribution in [0.15, 0.2) is 206 Å². The number of aromatic nitrogens is 2. The van der Waals surface area contributed by atoms with E-state index in [4.69, 9.17) is 9.97 Å². The molecular weight excluding hydrogens is 709 g/mol. The van der Waals surface area contributed by atoms with E-state index in [-0.39, 0.29) is 0 Å². The summed E-state index contributed by atoms with van der Waals surface area (Å²) in [5, 5.41) is 7.70. The summed E-state index contributed by atoms with van der Waals surface area (Å²) in [6.45, 7) is 0. The van der Waals surface area contributed by atoms with E-state index in [0.29, 0.717) is 5.82 Å². The Balaban J connectivity index is 0.929. The first-order chi connectivity index (χ1) is 28.2. The smallest absolute Gasteiger partial charge is 0.160 e. The van der Waals surface area contributed by atoms with Crippen LogP contribution in [-0.2, 0) is 0 Å². The molecule has 0 amide bonds. The molecule has 3 heteroatoms. The SMILES string of the molecule is c1ccc(-c2nc(-c3ccc(-c4ccc(-c5cccc6sc7ccccc7c56)cc4)cc3)cc(-c3ccc(-c4cc5ccccc5c5ccccc45)cc3)n2)cc1. The molecule has 266 valence electrons. The van der Waals surface area contributed by atoms with Gasteiger partial charge in [-0.25, -0.2) is 9.97 Å². The first-order valence-corrected chi connectivity index (χ1v) is 20.1. The van der Waals surface area contributed by atoms with Crippen molar-refractivity contribution in [2.45, 2.75) is 0 Å². The lowest BCUT2D eigenvalue weighted by Crippen LogP contribution is -1.96. The lowest BCUT2D eigenvalue weighted by molar-refractivity contribution is 1.18. The molecule has 2 aromatic heterocycles. The van der Waals surface area contributed by atoms with Crippen LogP contribution >= 0.6 is 11.3 Å². The van der Waals surface area contributed by atoms with Crippen molar-refractivity contribution < 1.29 is 0 Å². The fourth-order valence-corrected chi connectivity index (χ4v) is 9.40. The van der Waals surface area contributed by atoms with Gasteiger partial charge in [0.2, 0.25) is 0 Å². The molecule has 0 aliphatic rings. The van der Waals surface area contributed by atoms with E-state index in [1.807, 2.05) is 29.5 Å². The second kappa shape index (κ2) is 13.8. The van der Waals surface area contributed by atoms with Crippen molar-refractivity contribution in [1.82, 2.24) is 9.97 Å². The van der Waals surface area contributed by atoms with Crippen molar-refractivity contribution in [1.29, 1.82) is 0 Å². The van der Waals surface area contributed by atoms with Crippen molar-refractivity contribution in [3.8, 4) is 67.3 Å². The maximum absolute atomic E-state index is 5.11. The molecule has 0 N–H and O–H groups in total. The van der Waals surface area contributed by atoms with Crippen molar-refractivity contribution >= 4 is 53.1 Å². The van der Waals surface area contributed by atoms with Gasteiger partial charge in [0.1, 0.15) is 0 Å². The molecule has 57 heavy (non-hydrogen) atoms. The molecule has 9 aromatic carbocycles. The Labute approximate surface area is 335 Å². The Morgan fingerprint density at radius 3 is 1.49 bits per heavy atom. The summed E-state index contributed by atoms with van der Waals surface area (Å²) in [5.41, 5.74) is 12.1. The molecule has 0 aliphatic carbocycles. The van der Waals surface area contributed by atoms with Gasteiger partial charge < -0.3 is 0 Å². The van der Waals surface area contributed by atoms with Crippen molar-refractivity contribution in [2.24, 2.45) is 0 Å². The molecule has 2 heterocycles. The molecule has 0 radical (unpaired) electrons. The van der Waals surface area contributed by atoms with E-state index in [1.165, 1.54) is 75.1 Å². The molecule has 0 atom stereocenters. The largest absolute Gasteiger partial charge is 0.228 e. The lowest BCUT2D eigenvalue weighted by atomic mass is 9.92. The molecule has 0 fully saturated rings. The van der Waals surface area contributed by atoms with Gasteiger partial charge in [-0.05, 0) is 79.2 Å². The van der Waals surface area contributed by atoms with E-state index in [1.54, 1.807) is 0 Å². The van der Waals surface area contributed by atoms with Gasteiger partial charge in [0, 0.05) is 36.9 Å². The Morgan fingerprint density at radius 2 is 0.807 bits per heavy atom. The van der Waals surface area contributed by atoms with Gasteiger partial charge in [0.05, 0.1) is 11.4 Å². The Bertz CT molecular complexity index is 3250. The minimum atomic E-state index is 0.709. The molecular formula is C54H34N2S. The molecule has 11 aromatic rings. The molecule has 0 spiro atoms. The van der Waals surface area contributed by atoms with Crippen molar-refractivity contribution in [3.05, 3.63) is 206 Å². The molecule has 0 saturated carbocycles. The summed E-state index contributed by atoms with van der Waals surface area (Å²) < 4.78 is 2.65. The van der Waals surface area contributed by atoms with Crippen LogP contribution in [0.5, 0.6) is 0 Å². The van der Waals surface area contributed by atoms with Gasteiger partial charge in [-0.1, -0.05) is 182 Å². The normalized spacial score (nSPS) is 11.5. The van der Waals surface area contributed by atoms with Crippen molar-refractivity contribution in [3.63, 3.8) is 0 Å².